The first kappa shape index (κ1) is 13.7. The molecule has 1 fully saturated rings. The van der Waals surface area contributed by atoms with E-state index in [0.29, 0.717) is 0 Å². The van der Waals surface area contributed by atoms with Gasteiger partial charge in [0.2, 0.25) is 0 Å². The second-order valence-electron chi connectivity index (χ2n) is 6.40. The fourth-order valence-electron chi connectivity index (χ4n) is 2.44. The lowest BCUT2D eigenvalue weighted by molar-refractivity contribution is 0.562. The fraction of sp³-hybridized carbons (Fsp3) is 0.600. The highest BCUT2D eigenvalue weighted by molar-refractivity contribution is 8.00. The van der Waals surface area contributed by atoms with Crippen molar-refractivity contribution in [3.8, 4) is 0 Å². The van der Waals surface area contributed by atoms with Gasteiger partial charge >= 0.3 is 0 Å². The standard InChI is InChI=1S/C15H22N4S/c1-15(2,3)13-9-12-14(16-6-7-19(12)18-13)17-10-11-5-4-8-20-11/h6-7,9,11H,4-5,8,10H2,1-3H3,(H,16,17). The molecule has 0 amide bonds. The quantitative estimate of drug-likeness (QED) is 0.941. The molecule has 20 heavy (non-hydrogen) atoms. The van der Waals surface area contributed by atoms with Gasteiger partial charge in [-0.3, -0.25) is 0 Å². The summed E-state index contributed by atoms with van der Waals surface area (Å²) in [5, 5.41) is 8.88. The number of aromatic nitrogens is 3. The number of nitrogens with one attached hydrogen (secondary N) is 1. The summed E-state index contributed by atoms with van der Waals surface area (Å²) in [5.74, 6) is 2.24. The van der Waals surface area contributed by atoms with Crippen LogP contribution in [0.3, 0.4) is 0 Å². The molecule has 1 atom stereocenters. The van der Waals surface area contributed by atoms with Gasteiger partial charge in [-0.15, -0.1) is 0 Å². The van der Waals surface area contributed by atoms with E-state index in [0.717, 1.165) is 28.8 Å². The minimum Gasteiger partial charge on any atom is -0.367 e. The summed E-state index contributed by atoms with van der Waals surface area (Å²) in [6.45, 7) is 7.55. The molecule has 1 saturated heterocycles. The van der Waals surface area contributed by atoms with Crippen LogP contribution in [0, 0.1) is 0 Å². The van der Waals surface area contributed by atoms with Gasteiger partial charge in [-0.25, -0.2) is 9.50 Å². The van der Waals surface area contributed by atoms with Gasteiger partial charge in [0, 0.05) is 29.6 Å². The summed E-state index contributed by atoms with van der Waals surface area (Å²) < 4.78 is 1.93. The van der Waals surface area contributed by atoms with E-state index in [2.05, 4.69) is 54.0 Å². The SMILES string of the molecule is CC(C)(C)c1cc2c(NCC3CCCS3)nccn2n1. The molecule has 0 aromatic carbocycles. The van der Waals surface area contributed by atoms with Crippen molar-refractivity contribution in [1.29, 1.82) is 0 Å². The number of anilines is 1. The Morgan fingerprint density at radius 1 is 1.45 bits per heavy atom. The molecule has 1 aliphatic heterocycles. The van der Waals surface area contributed by atoms with Crippen LogP contribution >= 0.6 is 11.8 Å². The lowest BCUT2D eigenvalue weighted by atomic mass is 9.92. The Morgan fingerprint density at radius 3 is 3.00 bits per heavy atom. The molecule has 2 aromatic heterocycles. The Kier molecular flexibility index (Phi) is 3.63. The zero-order valence-electron chi connectivity index (χ0n) is 12.4. The second-order valence-corrected chi connectivity index (χ2v) is 7.81. The van der Waals surface area contributed by atoms with Crippen molar-refractivity contribution in [2.24, 2.45) is 0 Å². The van der Waals surface area contributed by atoms with Gasteiger partial charge in [0.15, 0.2) is 5.82 Å². The van der Waals surface area contributed by atoms with Crippen LogP contribution in [0.1, 0.15) is 39.3 Å². The number of rotatable bonds is 3. The van der Waals surface area contributed by atoms with E-state index in [1.54, 1.807) is 0 Å². The molecule has 108 valence electrons. The Morgan fingerprint density at radius 2 is 2.30 bits per heavy atom. The summed E-state index contributed by atoms with van der Waals surface area (Å²) in [6.07, 6.45) is 6.39. The Balaban J connectivity index is 1.84. The molecule has 0 aliphatic carbocycles. The van der Waals surface area contributed by atoms with Crippen LogP contribution in [0.25, 0.3) is 5.52 Å². The summed E-state index contributed by atoms with van der Waals surface area (Å²) in [7, 11) is 0. The summed E-state index contributed by atoms with van der Waals surface area (Å²) in [5.41, 5.74) is 2.23. The van der Waals surface area contributed by atoms with E-state index < -0.39 is 0 Å². The highest BCUT2D eigenvalue weighted by Gasteiger charge is 2.20. The van der Waals surface area contributed by atoms with Gasteiger partial charge in [0.1, 0.15) is 5.52 Å². The van der Waals surface area contributed by atoms with Crippen molar-refractivity contribution in [2.45, 2.75) is 44.3 Å². The predicted molar refractivity (Wildman–Crippen MR) is 85.7 cm³/mol. The van der Waals surface area contributed by atoms with Gasteiger partial charge in [-0.1, -0.05) is 20.8 Å². The molecular weight excluding hydrogens is 268 g/mol. The highest BCUT2D eigenvalue weighted by Crippen LogP contribution is 2.27. The van der Waals surface area contributed by atoms with Crippen molar-refractivity contribution in [3.05, 3.63) is 24.2 Å². The molecule has 3 heterocycles. The Labute approximate surface area is 124 Å². The van der Waals surface area contributed by atoms with Crippen LogP contribution in [-0.2, 0) is 5.41 Å². The van der Waals surface area contributed by atoms with E-state index in [1.165, 1.54) is 18.6 Å². The molecule has 0 spiro atoms. The smallest absolute Gasteiger partial charge is 0.152 e. The molecule has 0 saturated carbocycles. The summed E-state index contributed by atoms with van der Waals surface area (Å²) >= 11 is 2.06. The molecule has 4 nitrogen and oxygen atoms in total. The van der Waals surface area contributed by atoms with E-state index >= 15 is 0 Å². The number of thioether (sulfide) groups is 1. The van der Waals surface area contributed by atoms with E-state index in [4.69, 9.17) is 0 Å². The van der Waals surface area contributed by atoms with Crippen LogP contribution < -0.4 is 5.32 Å². The maximum atomic E-state index is 4.66. The van der Waals surface area contributed by atoms with Crippen LogP contribution in [0.2, 0.25) is 0 Å². The van der Waals surface area contributed by atoms with Crippen molar-refractivity contribution < 1.29 is 0 Å². The minimum atomic E-state index is 0.0601. The molecule has 0 bridgehead atoms. The van der Waals surface area contributed by atoms with Gasteiger partial charge < -0.3 is 5.32 Å². The molecule has 1 unspecified atom stereocenters. The molecule has 5 heteroatoms. The maximum absolute atomic E-state index is 4.66. The highest BCUT2D eigenvalue weighted by atomic mass is 32.2. The average molecular weight is 290 g/mol. The monoisotopic (exact) mass is 290 g/mol. The first-order valence-corrected chi connectivity index (χ1v) is 8.29. The van der Waals surface area contributed by atoms with Crippen LogP contribution in [-0.4, -0.2) is 32.1 Å². The Bertz CT molecular complexity index is 593. The third kappa shape index (κ3) is 2.77. The van der Waals surface area contributed by atoms with Crippen molar-refractivity contribution >= 4 is 23.1 Å². The third-order valence-electron chi connectivity index (χ3n) is 3.68. The van der Waals surface area contributed by atoms with Crippen molar-refractivity contribution in [2.75, 3.05) is 17.6 Å². The maximum Gasteiger partial charge on any atom is 0.152 e. The molecular formula is C15H22N4S. The fourth-order valence-corrected chi connectivity index (χ4v) is 3.64. The first-order chi connectivity index (χ1) is 9.54. The minimum absolute atomic E-state index is 0.0601. The van der Waals surface area contributed by atoms with Crippen molar-refractivity contribution in [3.63, 3.8) is 0 Å². The lowest BCUT2D eigenvalue weighted by Crippen LogP contribution is -2.14. The summed E-state index contributed by atoms with van der Waals surface area (Å²) in [4.78, 5) is 4.48. The zero-order chi connectivity index (χ0) is 14.2. The largest absolute Gasteiger partial charge is 0.367 e. The predicted octanol–water partition coefficient (Wildman–Crippen LogP) is 3.33. The van der Waals surface area contributed by atoms with Gasteiger partial charge in [0.25, 0.3) is 0 Å². The van der Waals surface area contributed by atoms with E-state index in [-0.39, 0.29) is 5.41 Å². The van der Waals surface area contributed by atoms with Gasteiger partial charge in [-0.2, -0.15) is 16.9 Å². The third-order valence-corrected chi connectivity index (χ3v) is 5.08. The topological polar surface area (TPSA) is 42.2 Å². The molecule has 2 aromatic rings. The number of hydrogen-bond donors (Lipinski definition) is 1. The van der Waals surface area contributed by atoms with Gasteiger partial charge in [0.05, 0.1) is 5.69 Å². The molecule has 3 rings (SSSR count). The number of fused-ring (bicyclic) bond motifs is 1. The molecule has 0 radical (unpaired) electrons. The second kappa shape index (κ2) is 5.28. The van der Waals surface area contributed by atoms with Crippen LogP contribution in [0.4, 0.5) is 5.82 Å². The molecule has 1 aliphatic rings. The van der Waals surface area contributed by atoms with E-state index in [9.17, 15) is 0 Å². The normalized spacial score (nSPS) is 19.6. The number of nitrogens with zero attached hydrogens (tertiary/aromatic N) is 3. The first-order valence-electron chi connectivity index (χ1n) is 7.24. The molecule has 1 N–H and O–H groups in total. The Hall–Kier alpha value is -1.23. The van der Waals surface area contributed by atoms with Crippen LogP contribution in [0.15, 0.2) is 18.5 Å². The van der Waals surface area contributed by atoms with Crippen LogP contribution in [0.5, 0.6) is 0 Å². The van der Waals surface area contributed by atoms with Crippen molar-refractivity contribution in [1.82, 2.24) is 14.6 Å². The van der Waals surface area contributed by atoms with E-state index in [1.807, 2.05) is 16.9 Å². The number of hydrogen-bond acceptors (Lipinski definition) is 4. The lowest BCUT2D eigenvalue weighted by Gasteiger charge is -2.13. The zero-order valence-corrected chi connectivity index (χ0v) is 13.2. The summed E-state index contributed by atoms with van der Waals surface area (Å²) in [6, 6.07) is 2.15. The average Bonchev–Trinajstić information content (AvgIpc) is 3.04. The van der Waals surface area contributed by atoms with Gasteiger partial charge in [-0.05, 0) is 24.7 Å².